The van der Waals surface area contributed by atoms with Gasteiger partial charge in [0.1, 0.15) is 18.7 Å². The highest BCUT2D eigenvalue weighted by Gasteiger charge is 2.39. The van der Waals surface area contributed by atoms with Crippen molar-refractivity contribution in [3.05, 3.63) is 46.0 Å². The number of rotatable bonds is 15. The van der Waals surface area contributed by atoms with Crippen LogP contribution in [0.25, 0.3) is 0 Å². The first-order chi connectivity index (χ1) is 19.5. The molecule has 5 N–H and O–H groups in total. The number of carbonyl (C=O) groups is 4. The van der Waals surface area contributed by atoms with E-state index in [1.165, 1.54) is 4.90 Å². The van der Waals surface area contributed by atoms with Gasteiger partial charge in [0.05, 0.1) is 11.9 Å². The van der Waals surface area contributed by atoms with E-state index >= 15 is 0 Å². The quantitative estimate of drug-likeness (QED) is 0.0579. The zero-order valence-corrected chi connectivity index (χ0v) is 24.0. The van der Waals surface area contributed by atoms with E-state index in [1.54, 1.807) is 5.43 Å². The van der Waals surface area contributed by atoms with Gasteiger partial charge in [-0.15, -0.1) is 11.6 Å². The van der Waals surface area contributed by atoms with Crippen molar-refractivity contribution in [1.82, 2.24) is 21.0 Å². The molecular weight excluding hydrogens is 558 g/mol. The maximum atomic E-state index is 13.5. The number of guanidine groups is 1. The van der Waals surface area contributed by atoms with Gasteiger partial charge in [0.15, 0.2) is 10.8 Å². The monoisotopic (exact) mass is 595 g/mol. The smallest absolute Gasteiger partial charge is 0.408 e. The Balaban J connectivity index is 2.02. The minimum Gasteiger partial charge on any atom is -0.445 e. The first-order valence-electron chi connectivity index (χ1n) is 13.4. The fourth-order valence-corrected chi connectivity index (χ4v) is 4.59. The summed E-state index contributed by atoms with van der Waals surface area (Å²) in [6.07, 6.45) is 1.01. The summed E-state index contributed by atoms with van der Waals surface area (Å²) in [7, 11) is 0. The van der Waals surface area contributed by atoms with Gasteiger partial charge in [-0.2, -0.15) is 0 Å². The summed E-state index contributed by atoms with van der Waals surface area (Å²) in [6, 6.07) is 6.47. The van der Waals surface area contributed by atoms with E-state index in [2.05, 4.69) is 15.6 Å². The lowest BCUT2D eigenvalue weighted by Gasteiger charge is -2.30. The van der Waals surface area contributed by atoms with Crippen LogP contribution in [0.5, 0.6) is 0 Å². The number of benzene rings is 1. The average molecular weight is 596 g/mol. The van der Waals surface area contributed by atoms with E-state index in [-0.39, 0.29) is 43.8 Å². The van der Waals surface area contributed by atoms with Gasteiger partial charge >= 0.3 is 6.09 Å². The van der Waals surface area contributed by atoms with Crippen molar-refractivity contribution in [3.8, 4) is 0 Å². The second-order valence-electron chi connectivity index (χ2n) is 10.0. The third-order valence-electron chi connectivity index (χ3n) is 6.32. The Kier molecular flexibility index (Phi) is 13.8. The van der Waals surface area contributed by atoms with Gasteiger partial charge in [-0.05, 0) is 43.6 Å². The number of hydrazine groups is 1. The molecule has 41 heavy (non-hydrogen) atoms. The highest BCUT2D eigenvalue weighted by atomic mass is 35.5. The van der Waals surface area contributed by atoms with Crippen molar-refractivity contribution < 1.29 is 28.9 Å². The van der Waals surface area contributed by atoms with Crippen molar-refractivity contribution in [2.75, 3.05) is 19.0 Å². The van der Waals surface area contributed by atoms with Crippen molar-refractivity contribution >= 4 is 41.3 Å². The number of likely N-dealkylation sites (tertiary alicyclic amines) is 1. The predicted molar refractivity (Wildman–Crippen MR) is 151 cm³/mol. The Morgan fingerprint density at radius 2 is 1.90 bits per heavy atom. The molecule has 1 aliphatic heterocycles. The summed E-state index contributed by atoms with van der Waals surface area (Å²) < 4.78 is 5.29. The number of Topliss-reactive ketones (excluding diaryl/α,β-unsaturated/α-hetero) is 1. The van der Waals surface area contributed by atoms with Crippen LogP contribution in [0.3, 0.4) is 0 Å². The van der Waals surface area contributed by atoms with Crippen molar-refractivity contribution in [1.29, 1.82) is 0 Å². The molecule has 0 radical (unpaired) electrons. The first-order valence-corrected chi connectivity index (χ1v) is 13.9. The van der Waals surface area contributed by atoms with Crippen molar-refractivity contribution in [3.63, 3.8) is 0 Å². The maximum Gasteiger partial charge on any atom is 0.408 e. The number of halogens is 1. The number of alkyl halides is 1. The van der Waals surface area contributed by atoms with E-state index in [4.69, 9.17) is 22.1 Å². The van der Waals surface area contributed by atoms with Crippen LogP contribution in [0, 0.1) is 16.0 Å². The molecular formula is C26H38ClN7O7. The highest BCUT2D eigenvalue weighted by molar-refractivity contribution is 6.28. The summed E-state index contributed by atoms with van der Waals surface area (Å²) in [5.74, 6) is -1.98. The number of ketones is 1. The van der Waals surface area contributed by atoms with E-state index in [0.717, 1.165) is 5.56 Å². The number of carbonyl (C=O) groups excluding carboxylic acids is 4. The largest absolute Gasteiger partial charge is 0.445 e. The molecule has 1 heterocycles. The third kappa shape index (κ3) is 11.6. The molecule has 0 spiro atoms. The zero-order chi connectivity index (χ0) is 30.4. The second kappa shape index (κ2) is 17.0. The number of nitrogens with two attached hydrogens (primary N) is 1. The number of nitro groups is 1. The number of nitrogens with zero attached hydrogens (tertiary/aromatic N) is 3. The van der Waals surface area contributed by atoms with Gasteiger partial charge in [-0.1, -0.05) is 49.6 Å². The molecule has 0 bridgehead atoms. The minimum absolute atomic E-state index is 0.0458. The molecule has 0 aliphatic carbocycles. The number of nitrogens with one attached hydrogen (secondary N) is 3. The number of alkyl carbamates (subject to hydrolysis) is 1. The number of hydrogen-bond donors (Lipinski definition) is 4. The summed E-state index contributed by atoms with van der Waals surface area (Å²) in [5, 5.41) is 14.9. The Morgan fingerprint density at radius 1 is 1.20 bits per heavy atom. The van der Waals surface area contributed by atoms with Crippen LogP contribution >= 0.6 is 11.6 Å². The highest BCUT2D eigenvalue weighted by Crippen LogP contribution is 2.21. The van der Waals surface area contributed by atoms with Gasteiger partial charge in [0.2, 0.25) is 11.8 Å². The lowest BCUT2D eigenvalue weighted by Crippen LogP contribution is -2.55. The Morgan fingerprint density at radius 3 is 2.54 bits per heavy atom. The summed E-state index contributed by atoms with van der Waals surface area (Å²) in [5.41, 5.74) is 7.90. The molecule has 1 aliphatic rings. The molecule has 0 aromatic heterocycles. The molecule has 15 heteroatoms. The molecule has 3 atom stereocenters. The van der Waals surface area contributed by atoms with Crippen LogP contribution in [-0.4, -0.2) is 76.7 Å². The third-order valence-corrected chi connectivity index (χ3v) is 6.59. The second-order valence-corrected chi connectivity index (χ2v) is 10.3. The van der Waals surface area contributed by atoms with E-state index < -0.39 is 46.8 Å². The van der Waals surface area contributed by atoms with E-state index in [9.17, 15) is 29.3 Å². The van der Waals surface area contributed by atoms with Gasteiger partial charge in [0.25, 0.3) is 5.96 Å². The zero-order valence-electron chi connectivity index (χ0n) is 23.2. The number of hydrogen-bond acceptors (Lipinski definition) is 8. The minimum atomic E-state index is -0.935. The molecule has 14 nitrogen and oxygen atoms in total. The number of aliphatic imine (C=N–C) groups is 1. The molecule has 2 rings (SSSR count). The topological polar surface area (TPSA) is 198 Å². The SMILES string of the molecule is CC(C)C[C@H](NC(=O)OCc1ccccc1)C(=O)N1CCC[C@H]1C(=O)N[C@@H](CCCN=C(N)N[N+](=O)[O-])C(=O)CCl. The molecule has 0 unspecified atom stereocenters. The van der Waals surface area contributed by atoms with Crippen LogP contribution in [0.4, 0.5) is 4.79 Å². The van der Waals surface area contributed by atoms with Crippen LogP contribution in [0.15, 0.2) is 35.3 Å². The van der Waals surface area contributed by atoms with Crippen LogP contribution < -0.4 is 21.8 Å². The Labute approximate surface area is 243 Å². The molecule has 1 fully saturated rings. The molecule has 1 aromatic rings. The van der Waals surface area contributed by atoms with Gasteiger partial charge in [0, 0.05) is 13.1 Å². The summed E-state index contributed by atoms with van der Waals surface area (Å²) in [6.45, 7) is 4.27. The Hall–Kier alpha value is -3.94. The van der Waals surface area contributed by atoms with Crippen molar-refractivity contribution in [2.24, 2.45) is 16.6 Å². The molecule has 1 saturated heterocycles. The molecule has 226 valence electrons. The van der Waals surface area contributed by atoms with E-state index in [1.807, 2.05) is 44.2 Å². The van der Waals surface area contributed by atoms with Gasteiger partial charge < -0.3 is 26.0 Å². The fourth-order valence-electron chi connectivity index (χ4n) is 4.40. The van der Waals surface area contributed by atoms with Crippen LogP contribution in [0.1, 0.15) is 51.5 Å². The van der Waals surface area contributed by atoms with Crippen molar-refractivity contribution in [2.45, 2.75) is 70.7 Å². The molecule has 3 amide bonds. The number of amides is 3. The van der Waals surface area contributed by atoms with Crippen LogP contribution in [0.2, 0.25) is 0 Å². The lowest BCUT2D eigenvalue weighted by molar-refractivity contribution is -0.525. The fraction of sp³-hybridized carbons (Fsp3) is 0.577. The average Bonchev–Trinajstić information content (AvgIpc) is 3.42. The van der Waals surface area contributed by atoms with Gasteiger partial charge in [-0.25, -0.2) is 19.9 Å². The first kappa shape index (κ1) is 33.3. The summed E-state index contributed by atoms with van der Waals surface area (Å²) in [4.78, 5) is 67.3. The number of ether oxygens (including phenoxy) is 1. The van der Waals surface area contributed by atoms with E-state index in [0.29, 0.717) is 25.8 Å². The van der Waals surface area contributed by atoms with Gasteiger partial charge in [-0.3, -0.25) is 14.4 Å². The normalized spacial score (nSPS) is 16.5. The standard InChI is InChI=1S/C26H38ClN7O7/c1-17(2)14-20(31-26(38)41-16-18-8-4-3-5-9-18)24(37)33-13-7-11-21(33)23(36)30-19(22(35)15-27)10-6-12-29-25(28)32-34(39)40/h3-5,8-9,17,19-21H,6-7,10-16H2,1-2H3,(H,30,36)(H,31,38)(H3,28,29,32)/t19-,20-,21-/m0/s1. The predicted octanol–water partition coefficient (Wildman–Crippen LogP) is 1.49. The maximum absolute atomic E-state index is 13.5. The molecule has 0 saturated carbocycles. The van der Waals surface area contributed by atoms with Crippen LogP contribution in [-0.2, 0) is 25.7 Å². The molecule has 1 aromatic carbocycles. The Bertz CT molecular complexity index is 1090. The lowest BCUT2D eigenvalue weighted by atomic mass is 10.0. The summed E-state index contributed by atoms with van der Waals surface area (Å²) >= 11 is 5.74.